The topological polar surface area (TPSA) is 151 Å². The largest absolute Gasteiger partial charge is 0.453 e. The number of anilines is 2. The van der Waals surface area contributed by atoms with E-state index in [-0.39, 0.29) is 29.6 Å². The zero-order valence-electron chi connectivity index (χ0n) is 21.1. The van der Waals surface area contributed by atoms with E-state index >= 15 is 0 Å². The summed E-state index contributed by atoms with van der Waals surface area (Å²) in [5.74, 6) is -4.55. The molecule has 38 heavy (non-hydrogen) atoms. The zero-order valence-corrected chi connectivity index (χ0v) is 21.1. The number of benzene rings is 1. The summed E-state index contributed by atoms with van der Waals surface area (Å²) >= 11 is 0. The molecule has 204 valence electrons. The first kappa shape index (κ1) is 27.2. The van der Waals surface area contributed by atoms with Crippen molar-refractivity contribution in [3.8, 4) is 11.3 Å². The zero-order chi connectivity index (χ0) is 27.3. The van der Waals surface area contributed by atoms with Gasteiger partial charge in [0.05, 0.1) is 24.5 Å². The van der Waals surface area contributed by atoms with E-state index in [4.69, 9.17) is 5.73 Å². The van der Waals surface area contributed by atoms with Crippen LogP contribution in [0.25, 0.3) is 11.3 Å². The van der Waals surface area contributed by atoms with E-state index in [0.717, 1.165) is 25.7 Å². The SMILES string of the molecule is COC(=O)Nc1ccc2c(c1)NC(=O)C(F)(F)C/C=C/C[C@H](NC(=O)[C@H]1CC[C@H](CN)CC1)c1nc-2c[nH]1. The second-order valence-electron chi connectivity index (χ2n) is 9.63. The number of carbonyl (C=O) groups is 3. The first-order valence-electron chi connectivity index (χ1n) is 12.6. The molecule has 0 radical (unpaired) electrons. The molecule has 0 saturated heterocycles. The van der Waals surface area contributed by atoms with Gasteiger partial charge in [-0.25, -0.2) is 9.78 Å². The number of methoxy groups -OCH3 is 1. The Bertz CT molecular complexity index is 1210. The number of ether oxygens (including phenoxy) is 1. The van der Waals surface area contributed by atoms with Gasteiger partial charge in [-0.05, 0) is 62.8 Å². The Hall–Kier alpha value is -3.80. The van der Waals surface area contributed by atoms with Crippen LogP contribution < -0.4 is 21.7 Å². The van der Waals surface area contributed by atoms with Crippen molar-refractivity contribution in [3.63, 3.8) is 0 Å². The highest BCUT2D eigenvalue weighted by Crippen LogP contribution is 2.34. The Morgan fingerprint density at radius 2 is 1.97 bits per heavy atom. The highest BCUT2D eigenvalue weighted by molar-refractivity contribution is 6.00. The number of H-pyrrole nitrogens is 1. The fourth-order valence-electron chi connectivity index (χ4n) is 4.73. The summed E-state index contributed by atoms with van der Waals surface area (Å²) in [6.45, 7) is 0.612. The summed E-state index contributed by atoms with van der Waals surface area (Å²) in [7, 11) is 1.19. The Labute approximate surface area is 218 Å². The smallest absolute Gasteiger partial charge is 0.411 e. The Kier molecular flexibility index (Phi) is 8.40. The average molecular weight is 531 g/mol. The number of nitrogens with one attached hydrogen (secondary N) is 4. The molecule has 10 nitrogen and oxygen atoms in total. The van der Waals surface area contributed by atoms with E-state index < -0.39 is 30.4 Å². The maximum atomic E-state index is 14.7. The lowest BCUT2D eigenvalue weighted by molar-refractivity contribution is -0.139. The van der Waals surface area contributed by atoms with Crippen LogP contribution in [0.5, 0.6) is 0 Å². The van der Waals surface area contributed by atoms with E-state index in [9.17, 15) is 23.2 Å². The number of aromatic amines is 1. The maximum Gasteiger partial charge on any atom is 0.411 e. The third-order valence-electron chi connectivity index (χ3n) is 7.02. The number of hydrogen-bond acceptors (Lipinski definition) is 6. The van der Waals surface area contributed by atoms with E-state index in [1.54, 1.807) is 12.3 Å². The predicted octanol–water partition coefficient (Wildman–Crippen LogP) is 4.10. The van der Waals surface area contributed by atoms with Crippen molar-refractivity contribution in [1.29, 1.82) is 0 Å². The van der Waals surface area contributed by atoms with Crippen LogP contribution in [-0.2, 0) is 14.3 Å². The highest BCUT2D eigenvalue weighted by atomic mass is 19.3. The van der Waals surface area contributed by atoms with Crippen molar-refractivity contribution in [1.82, 2.24) is 15.3 Å². The number of aromatic nitrogens is 2. The average Bonchev–Trinajstić information content (AvgIpc) is 3.40. The van der Waals surface area contributed by atoms with Crippen molar-refractivity contribution >= 4 is 29.3 Å². The number of nitrogens with zero attached hydrogens (tertiary/aromatic N) is 1. The molecular formula is C26H32F2N6O4. The molecular weight excluding hydrogens is 498 g/mol. The maximum absolute atomic E-state index is 14.7. The van der Waals surface area contributed by atoms with Gasteiger partial charge in [0.2, 0.25) is 5.91 Å². The fourth-order valence-corrected chi connectivity index (χ4v) is 4.73. The predicted molar refractivity (Wildman–Crippen MR) is 137 cm³/mol. The first-order valence-corrected chi connectivity index (χ1v) is 12.6. The number of allylic oxidation sites excluding steroid dienone is 1. The minimum absolute atomic E-state index is 0.0297. The summed E-state index contributed by atoms with van der Waals surface area (Å²) in [5.41, 5.74) is 6.75. The van der Waals surface area contributed by atoms with Crippen LogP contribution in [0.15, 0.2) is 36.5 Å². The van der Waals surface area contributed by atoms with E-state index in [1.807, 2.05) is 0 Å². The molecule has 1 aromatic heterocycles. The molecule has 2 heterocycles. The van der Waals surface area contributed by atoms with Gasteiger partial charge in [0.15, 0.2) is 0 Å². The molecule has 12 heteroatoms. The lowest BCUT2D eigenvalue weighted by Crippen LogP contribution is -2.36. The van der Waals surface area contributed by atoms with Crippen LogP contribution in [-0.4, -0.2) is 47.5 Å². The number of alkyl halides is 2. The third kappa shape index (κ3) is 6.36. The lowest BCUT2D eigenvalue weighted by atomic mass is 9.81. The molecule has 6 N–H and O–H groups in total. The van der Waals surface area contributed by atoms with Crippen molar-refractivity contribution in [2.75, 3.05) is 24.3 Å². The number of imidazole rings is 1. The minimum Gasteiger partial charge on any atom is -0.453 e. The Balaban J connectivity index is 1.64. The van der Waals surface area contributed by atoms with Crippen LogP contribution in [0.4, 0.5) is 25.0 Å². The fraction of sp³-hybridized carbons (Fsp3) is 0.462. The van der Waals surface area contributed by atoms with Crippen LogP contribution in [0.2, 0.25) is 0 Å². The molecule has 4 rings (SSSR count). The van der Waals surface area contributed by atoms with Gasteiger partial charge >= 0.3 is 12.0 Å². The number of amides is 3. The van der Waals surface area contributed by atoms with E-state index in [0.29, 0.717) is 29.5 Å². The normalized spacial score (nSPS) is 23.9. The number of fused-ring (bicyclic) bond motifs is 4. The van der Waals surface area contributed by atoms with Crippen molar-refractivity contribution in [3.05, 3.63) is 42.4 Å². The molecule has 1 aliphatic carbocycles. The monoisotopic (exact) mass is 530 g/mol. The summed E-state index contributed by atoms with van der Waals surface area (Å²) in [6.07, 6.45) is 6.23. The third-order valence-corrected chi connectivity index (χ3v) is 7.02. The summed E-state index contributed by atoms with van der Waals surface area (Å²) in [6, 6.07) is 3.84. The Morgan fingerprint density at radius 3 is 2.68 bits per heavy atom. The van der Waals surface area contributed by atoms with Gasteiger partial charge in [-0.2, -0.15) is 8.78 Å². The quantitative estimate of drug-likeness (QED) is 0.376. The summed E-state index contributed by atoms with van der Waals surface area (Å²) < 4.78 is 33.9. The Morgan fingerprint density at radius 1 is 1.21 bits per heavy atom. The molecule has 1 aromatic carbocycles. The summed E-state index contributed by atoms with van der Waals surface area (Å²) in [5, 5.41) is 7.74. The number of hydrogen-bond donors (Lipinski definition) is 5. The number of nitrogens with two attached hydrogens (primary N) is 1. The molecule has 1 fully saturated rings. The van der Waals surface area contributed by atoms with Crippen molar-refractivity contribution in [2.45, 2.75) is 50.5 Å². The second kappa shape index (κ2) is 11.7. The van der Waals surface area contributed by atoms with E-state index in [1.165, 1.54) is 31.4 Å². The standard InChI is InChI=1S/C26H32F2N6O4/c1-38-25(37)31-17-9-10-18-20(12-17)34-24(36)26(27,28)11-3-2-4-19(22-30-14-21(18)32-22)33-23(35)16-7-5-15(13-29)6-8-16/h2-3,9-10,12,14-16,19H,4-8,11,13,29H2,1H3,(H,30,32)(H,31,37)(H,33,35)(H,34,36)/b3-2+/t15-,16-,19-/m0/s1. The van der Waals surface area contributed by atoms with Crippen molar-refractivity contribution in [2.24, 2.45) is 17.6 Å². The lowest BCUT2D eigenvalue weighted by Gasteiger charge is -2.28. The van der Waals surface area contributed by atoms with Gasteiger partial charge in [0.1, 0.15) is 5.82 Å². The number of carbonyl (C=O) groups excluding carboxylic acids is 3. The second-order valence-corrected chi connectivity index (χ2v) is 9.63. The van der Waals surface area contributed by atoms with E-state index in [2.05, 4.69) is 30.7 Å². The molecule has 1 atom stereocenters. The molecule has 0 unspecified atom stereocenters. The summed E-state index contributed by atoms with van der Waals surface area (Å²) in [4.78, 5) is 44.9. The van der Waals surface area contributed by atoms with Crippen LogP contribution >= 0.6 is 0 Å². The van der Waals surface area contributed by atoms with Gasteiger partial charge in [0.25, 0.3) is 5.91 Å². The molecule has 2 aromatic rings. The molecule has 3 amide bonds. The number of rotatable bonds is 4. The van der Waals surface area contributed by atoms with Crippen LogP contribution in [0.1, 0.15) is 50.4 Å². The van der Waals surface area contributed by atoms with Crippen molar-refractivity contribution < 1.29 is 27.9 Å². The van der Waals surface area contributed by atoms with Gasteiger partial charge < -0.3 is 26.1 Å². The van der Waals surface area contributed by atoms with Gasteiger partial charge in [-0.3, -0.25) is 14.9 Å². The van der Waals surface area contributed by atoms with Crippen LogP contribution in [0.3, 0.4) is 0 Å². The molecule has 0 spiro atoms. The highest BCUT2D eigenvalue weighted by Gasteiger charge is 2.38. The molecule has 1 saturated carbocycles. The van der Waals surface area contributed by atoms with Gasteiger partial charge in [-0.1, -0.05) is 12.2 Å². The molecule has 2 aliphatic rings. The van der Waals surface area contributed by atoms with Gasteiger partial charge in [-0.15, -0.1) is 0 Å². The van der Waals surface area contributed by atoms with Crippen LogP contribution in [0, 0.1) is 11.8 Å². The molecule has 2 bridgehead atoms. The first-order chi connectivity index (χ1) is 18.2. The molecule has 1 aliphatic heterocycles. The minimum atomic E-state index is -3.69. The number of halogens is 2. The van der Waals surface area contributed by atoms with Gasteiger partial charge in [0, 0.05) is 29.8 Å².